The highest BCUT2D eigenvalue weighted by Crippen LogP contribution is 2.39. The maximum Gasteiger partial charge on any atom is 0.414 e. The van der Waals surface area contributed by atoms with Gasteiger partial charge in [-0.2, -0.15) is 0 Å². The zero-order chi connectivity index (χ0) is 24.0. The largest absolute Gasteiger partial charge is 0.473 e. The number of aliphatic carboxylic acids is 2. The molecule has 1 aliphatic heterocycles. The van der Waals surface area contributed by atoms with Gasteiger partial charge in [-0.3, -0.25) is 0 Å². The Kier molecular flexibility index (Phi) is 7.76. The second-order valence-corrected chi connectivity index (χ2v) is 7.84. The van der Waals surface area contributed by atoms with E-state index in [1.165, 1.54) is 0 Å². The lowest BCUT2D eigenvalue weighted by Crippen LogP contribution is -2.29. The minimum atomic E-state index is -1.82. The number of aliphatic imine (C=N–C) groups is 1. The molecule has 2 N–H and O–H groups in total. The smallest absolute Gasteiger partial charge is 0.414 e. The number of hydrogen-bond acceptors (Lipinski definition) is 6. The van der Waals surface area contributed by atoms with Crippen molar-refractivity contribution in [1.29, 1.82) is 0 Å². The third kappa shape index (κ3) is 5.94. The number of carboxylic acid groups (broad SMARTS) is 2. The van der Waals surface area contributed by atoms with Crippen LogP contribution in [0.5, 0.6) is 0 Å². The van der Waals surface area contributed by atoms with Crippen LogP contribution < -0.4 is 4.90 Å². The van der Waals surface area contributed by atoms with Gasteiger partial charge < -0.3 is 20.0 Å². The van der Waals surface area contributed by atoms with Crippen molar-refractivity contribution in [1.82, 2.24) is 9.88 Å². The van der Waals surface area contributed by atoms with Crippen molar-refractivity contribution in [3.63, 3.8) is 0 Å². The van der Waals surface area contributed by atoms with Crippen LogP contribution in [0.1, 0.15) is 11.1 Å². The molecule has 0 amide bonds. The lowest BCUT2D eigenvalue weighted by Gasteiger charge is -2.27. The minimum Gasteiger partial charge on any atom is -0.473 e. The molecule has 0 spiro atoms. The molecular weight excluding hydrogens is 444 g/mol. The topological polar surface area (TPSA) is 106 Å². The van der Waals surface area contributed by atoms with E-state index in [-0.39, 0.29) is 0 Å². The Morgan fingerprint density at radius 3 is 2.33 bits per heavy atom. The number of carboxylic acids is 2. The first-order valence-electron chi connectivity index (χ1n) is 10.1. The second-order valence-electron chi connectivity index (χ2n) is 7.40. The Labute approximate surface area is 196 Å². The van der Waals surface area contributed by atoms with E-state index in [1.54, 1.807) is 0 Å². The van der Waals surface area contributed by atoms with Gasteiger partial charge >= 0.3 is 11.9 Å². The van der Waals surface area contributed by atoms with Crippen LogP contribution in [-0.4, -0.2) is 64.9 Å². The van der Waals surface area contributed by atoms with E-state index < -0.39 is 11.9 Å². The van der Waals surface area contributed by atoms with Crippen LogP contribution in [0.3, 0.4) is 0 Å². The van der Waals surface area contributed by atoms with E-state index in [1.807, 2.05) is 48.7 Å². The van der Waals surface area contributed by atoms with Gasteiger partial charge in [0.1, 0.15) is 5.69 Å². The summed E-state index contributed by atoms with van der Waals surface area (Å²) in [4.78, 5) is 32.3. The van der Waals surface area contributed by atoms with Gasteiger partial charge in [0.15, 0.2) is 5.82 Å². The van der Waals surface area contributed by atoms with E-state index in [0.717, 1.165) is 47.1 Å². The number of carbonyl (C=O) groups is 2. The maximum atomic E-state index is 9.10. The quantitative estimate of drug-likeness (QED) is 0.558. The highest BCUT2D eigenvalue weighted by Gasteiger charge is 2.25. The van der Waals surface area contributed by atoms with Crippen molar-refractivity contribution in [2.45, 2.75) is 0 Å². The molecule has 0 bridgehead atoms. The number of anilines is 2. The van der Waals surface area contributed by atoms with Crippen LogP contribution in [0.4, 0.5) is 17.2 Å². The first kappa shape index (κ1) is 23.9. The first-order chi connectivity index (χ1) is 15.8. The summed E-state index contributed by atoms with van der Waals surface area (Å²) in [5.74, 6) is -2.78. The van der Waals surface area contributed by atoms with E-state index in [4.69, 9.17) is 36.4 Å². The van der Waals surface area contributed by atoms with Gasteiger partial charge in [-0.05, 0) is 44.4 Å². The summed E-state index contributed by atoms with van der Waals surface area (Å²) in [6.07, 6.45) is 1.82. The number of aromatic nitrogens is 1. The van der Waals surface area contributed by atoms with Crippen molar-refractivity contribution in [3.05, 3.63) is 83.0 Å². The van der Waals surface area contributed by atoms with Crippen LogP contribution >= 0.6 is 11.6 Å². The number of rotatable bonds is 4. The number of likely N-dealkylation sites (N-methyl/N-ethyl adjacent to an activating group) is 1. The van der Waals surface area contributed by atoms with E-state index in [2.05, 4.69) is 47.1 Å². The van der Waals surface area contributed by atoms with Crippen molar-refractivity contribution in [2.24, 2.45) is 4.99 Å². The van der Waals surface area contributed by atoms with E-state index in [9.17, 15) is 0 Å². The van der Waals surface area contributed by atoms with E-state index in [0.29, 0.717) is 5.02 Å². The fourth-order valence-electron chi connectivity index (χ4n) is 3.25. The number of nitrogens with zero attached hydrogens (tertiary/aromatic N) is 4. The number of pyridine rings is 1. The SMILES string of the molecule is CN(C)CCN1c2ccc(Cl)cc2C(c2ccccc2)=Nc2cccnc21.O=C(O)C(=O)O. The number of fused-ring (bicyclic) bond motifs is 2. The predicted octanol–water partition coefficient (Wildman–Crippen LogP) is 4.07. The Morgan fingerprint density at radius 2 is 1.70 bits per heavy atom. The van der Waals surface area contributed by atoms with Crippen LogP contribution in [0.2, 0.25) is 5.02 Å². The summed E-state index contributed by atoms with van der Waals surface area (Å²) in [6.45, 7) is 1.71. The number of halogens is 1. The molecule has 0 aliphatic carbocycles. The number of benzene rings is 2. The predicted molar refractivity (Wildman–Crippen MR) is 128 cm³/mol. The Balaban J connectivity index is 0.000000454. The fraction of sp³-hybridized carbons (Fsp3) is 0.167. The summed E-state index contributed by atoms with van der Waals surface area (Å²) < 4.78 is 0. The highest BCUT2D eigenvalue weighted by atomic mass is 35.5. The summed E-state index contributed by atoms with van der Waals surface area (Å²) in [7, 11) is 4.15. The molecule has 8 nitrogen and oxygen atoms in total. The molecule has 0 saturated heterocycles. The molecule has 0 atom stereocenters. The van der Waals surface area contributed by atoms with Gasteiger partial charge in [0, 0.05) is 35.4 Å². The minimum absolute atomic E-state index is 0.698. The zero-order valence-electron chi connectivity index (χ0n) is 18.1. The van der Waals surface area contributed by atoms with E-state index >= 15 is 0 Å². The highest BCUT2D eigenvalue weighted by molar-refractivity contribution is 6.31. The Morgan fingerprint density at radius 1 is 1.00 bits per heavy atom. The summed E-state index contributed by atoms with van der Waals surface area (Å²) in [5.41, 5.74) is 4.93. The van der Waals surface area contributed by atoms with Gasteiger partial charge in [-0.25, -0.2) is 19.6 Å². The second kappa shape index (κ2) is 10.7. The van der Waals surface area contributed by atoms with Crippen LogP contribution in [0.15, 0.2) is 71.9 Å². The maximum absolute atomic E-state index is 9.10. The summed E-state index contributed by atoms with van der Waals surface area (Å²) in [5, 5.41) is 15.5. The molecule has 0 saturated carbocycles. The molecule has 0 unspecified atom stereocenters. The van der Waals surface area contributed by atoms with Crippen LogP contribution in [0.25, 0.3) is 0 Å². The van der Waals surface area contributed by atoms with Crippen LogP contribution in [0, 0.1) is 0 Å². The molecule has 4 rings (SSSR count). The molecule has 33 heavy (non-hydrogen) atoms. The molecule has 170 valence electrons. The first-order valence-corrected chi connectivity index (χ1v) is 10.4. The van der Waals surface area contributed by atoms with Gasteiger partial charge in [-0.1, -0.05) is 41.9 Å². The molecular formula is C24H23ClN4O4. The molecule has 0 radical (unpaired) electrons. The molecule has 2 aromatic carbocycles. The van der Waals surface area contributed by atoms with Gasteiger partial charge in [0.25, 0.3) is 0 Å². The average Bonchev–Trinajstić information content (AvgIpc) is 2.93. The molecule has 9 heteroatoms. The Hall–Kier alpha value is -3.75. The van der Waals surface area contributed by atoms with Gasteiger partial charge in [0.05, 0.1) is 11.4 Å². The monoisotopic (exact) mass is 466 g/mol. The third-order valence-corrected chi connectivity index (χ3v) is 4.99. The van der Waals surface area contributed by atoms with Crippen molar-refractivity contribution < 1.29 is 19.8 Å². The van der Waals surface area contributed by atoms with Crippen molar-refractivity contribution in [2.75, 3.05) is 32.1 Å². The van der Waals surface area contributed by atoms with Crippen molar-refractivity contribution in [3.8, 4) is 0 Å². The summed E-state index contributed by atoms with van der Waals surface area (Å²) in [6, 6.07) is 20.2. The average molecular weight is 467 g/mol. The molecule has 0 fully saturated rings. The van der Waals surface area contributed by atoms with Gasteiger partial charge in [-0.15, -0.1) is 0 Å². The molecule has 1 aliphatic rings. The van der Waals surface area contributed by atoms with Gasteiger partial charge in [0.2, 0.25) is 0 Å². The third-order valence-electron chi connectivity index (χ3n) is 4.76. The lowest BCUT2D eigenvalue weighted by atomic mass is 10.00. The molecule has 2 heterocycles. The Bertz CT molecular complexity index is 1170. The standard InChI is InChI=1S/C22H21ClN4.C2H2O4/c1-26(2)13-14-27-20-11-10-17(23)15-18(20)21(16-7-4-3-5-8-16)25-19-9-6-12-24-22(19)27;3-1(4)2(5)6/h3-12,15H,13-14H2,1-2H3;(H,3,4)(H,5,6). The summed E-state index contributed by atoms with van der Waals surface area (Å²) >= 11 is 6.37. The van der Waals surface area contributed by atoms with Crippen molar-refractivity contribution >= 4 is 46.4 Å². The lowest BCUT2D eigenvalue weighted by molar-refractivity contribution is -0.159. The number of hydrogen-bond donors (Lipinski definition) is 2. The molecule has 3 aromatic rings. The molecule has 1 aromatic heterocycles. The van der Waals surface area contributed by atoms with Crippen LogP contribution in [-0.2, 0) is 9.59 Å². The fourth-order valence-corrected chi connectivity index (χ4v) is 3.43. The normalized spacial score (nSPS) is 12.0. The zero-order valence-corrected chi connectivity index (χ0v) is 18.9.